The quantitative estimate of drug-likeness (QED) is 0.269. The Hall–Kier alpha value is -3.87. The molecule has 5 atom stereocenters. The van der Waals surface area contributed by atoms with Crippen LogP contribution in [0.15, 0.2) is 47.7 Å². The van der Waals surface area contributed by atoms with Crippen molar-refractivity contribution in [2.75, 3.05) is 6.54 Å². The molecule has 1 saturated heterocycles. The van der Waals surface area contributed by atoms with Gasteiger partial charge < -0.3 is 14.1 Å². The lowest BCUT2D eigenvalue weighted by atomic mass is 9.76. The number of carbonyl (C=O) groups is 4. The molecule has 2 amide bonds. The SMILES string of the molecule is C=CC1C[C@]1(CC(=O)[C@@H]1C[C@@H](Oc2nccc(-c3ccco3)n2)CN1C(=O)[C@@H](CC(=O)CC1CC1)C(C)(C)C)C(=O)NS(=O)(=O)C1CC1. The normalized spacial score (nSPS) is 26.1. The number of likely N-dealkylation sites (tertiary alicyclic amines) is 1. The summed E-state index contributed by atoms with van der Waals surface area (Å²) in [6.07, 6.45) is 7.65. The van der Waals surface area contributed by atoms with Crippen LogP contribution in [0.5, 0.6) is 6.01 Å². The average molecular weight is 681 g/mol. The molecular weight excluding hydrogens is 636 g/mol. The molecule has 1 aliphatic heterocycles. The summed E-state index contributed by atoms with van der Waals surface area (Å²) in [6, 6.07) is 4.26. The summed E-state index contributed by atoms with van der Waals surface area (Å²) in [7, 11) is -3.83. The number of Topliss-reactive ketones (excluding diaryl/α,β-unsaturated/α-hetero) is 2. The number of nitrogens with zero attached hydrogens (tertiary/aromatic N) is 3. The highest BCUT2D eigenvalue weighted by molar-refractivity contribution is 7.90. The monoisotopic (exact) mass is 680 g/mol. The zero-order chi connectivity index (χ0) is 34.4. The van der Waals surface area contributed by atoms with Gasteiger partial charge >= 0.3 is 6.01 Å². The first-order chi connectivity index (χ1) is 22.7. The summed E-state index contributed by atoms with van der Waals surface area (Å²) in [4.78, 5) is 65.3. The van der Waals surface area contributed by atoms with Gasteiger partial charge in [0.25, 0.3) is 0 Å². The van der Waals surface area contributed by atoms with Crippen LogP contribution >= 0.6 is 0 Å². The summed E-state index contributed by atoms with van der Waals surface area (Å²) in [5.41, 5.74) is -1.34. The fourth-order valence-electron chi connectivity index (χ4n) is 6.77. The Balaban J connectivity index is 1.25. The number of hydrogen-bond donors (Lipinski definition) is 1. The van der Waals surface area contributed by atoms with Gasteiger partial charge in [-0.15, -0.1) is 6.58 Å². The molecule has 258 valence electrons. The van der Waals surface area contributed by atoms with E-state index in [1.807, 2.05) is 20.8 Å². The number of allylic oxidation sites excluding steroid dienone is 1. The van der Waals surface area contributed by atoms with Crippen molar-refractivity contribution in [2.45, 2.75) is 96.0 Å². The first kappa shape index (κ1) is 34.0. The van der Waals surface area contributed by atoms with Crippen molar-refractivity contribution >= 4 is 33.4 Å². The largest absolute Gasteiger partial charge is 0.463 e. The molecule has 2 aromatic rings. The minimum atomic E-state index is -3.83. The van der Waals surface area contributed by atoms with Gasteiger partial charge in [-0.1, -0.05) is 26.8 Å². The van der Waals surface area contributed by atoms with Gasteiger partial charge in [-0.3, -0.25) is 23.9 Å². The Bertz CT molecular complexity index is 1690. The van der Waals surface area contributed by atoms with Gasteiger partial charge in [-0.2, -0.15) is 4.98 Å². The van der Waals surface area contributed by atoms with Crippen molar-refractivity contribution < 1.29 is 36.7 Å². The molecule has 4 fully saturated rings. The third-order valence-corrected chi connectivity index (χ3v) is 12.0. The molecule has 3 aliphatic carbocycles. The van der Waals surface area contributed by atoms with E-state index in [2.05, 4.69) is 21.3 Å². The Morgan fingerprint density at radius 2 is 1.94 bits per heavy atom. The van der Waals surface area contributed by atoms with Crippen molar-refractivity contribution in [1.82, 2.24) is 19.6 Å². The number of nitrogens with one attached hydrogen (secondary N) is 1. The van der Waals surface area contributed by atoms with Crippen LogP contribution in [0.3, 0.4) is 0 Å². The third kappa shape index (κ3) is 7.40. The minimum Gasteiger partial charge on any atom is -0.463 e. The van der Waals surface area contributed by atoms with Crippen LogP contribution in [0, 0.1) is 28.6 Å². The van der Waals surface area contributed by atoms with E-state index in [1.54, 1.807) is 24.3 Å². The number of hydrogen-bond acceptors (Lipinski definition) is 10. The second kappa shape index (κ2) is 12.9. The molecule has 3 saturated carbocycles. The zero-order valence-electron chi connectivity index (χ0n) is 27.7. The van der Waals surface area contributed by atoms with E-state index in [4.69, 9.17) is 9.15 Å². The van der Waals surface area contributed by atoms with Gasteiger partial charge in [0, 0.05) is 37.8 Å². The first-order valence-electron chi connectivity index (χ1n) is 16.8. The Kier molecular flexibility index (Phi) is 9.12. The number of amides is 2. The smallest absolute Gasteiger partial charge is 0.317 e. The standard InChI is InChI=1S/C35H44N4O8S/c1-5-22-18-35(22,32(43)38-48(44,45)25-10-11-25)19-29(41)28-17-24(47-33-36-13-12-27(37-33)30-7-6-14-46-30)20-39(28)31(42)26(34(2,3)4)16-23(40)15-21-8-9-21/h5-7,12-14,21-22,24-26,28H,1,8-11,15-20H2,2-4H3,(H,38,43)/t22?,24-,26-,28+,35-/m1/s1. The summed E-state index contributed by atoms with van der Waals surface area (Å²) in [5, 5.41) is -0.596. The number of rotatable bonds is 15. The minimum absolute atomic E-state index is 0.0306. The van der Waals surface area contributed by atoms with Gasteiger partial charge in [-0.05, 0) is 67.6 Å². The van der Waals surface area contributed by atoms with Crippen LogP contribution in [0.4, 0.5) is 0 Å². The lowest BCUT2D eigenvalue weighted by Gasteiger charge is -2.35. The van der Waals surface area contributed by atoms with E-state index < -0.39 is 50.1 Å². The molecule has 0 bridgehead atoms. The van der Waals surface area contributed by atoms with Crippen LogP contribution in [-0.2, 0) is 29.2 Å². The summed E-state index contributed by atoms with van der Waals surface area (Å²) in [5.74, 6) is -1.54. The van der Waals surface area contributed by atoms with Crippen molar-refractivity contribution in [3.63, 3.8) is 0 Å². The van der Waals surface area contributed by atoms with E-state index in [9.17, 15) is 27.6 Å². The van der Waals surface area contributed by atoms with Crippen molar-refractivity contribution in [2.24, 2.45) is 28.6 Å². The summed E-state index contributed by atoms with van der Waals surface area (Å²) in [6.45, 7) is 9.58. The van der Waals surface area contributed by atoms with Crippen LogP contribution in [0.2, 0.25) is 0 Å². The second-order valence-electron chi connectivity index (χ2n) is 15.0. The lowest BCUT2D eigenvalue weighted by Crippen LogP contribution is -2.48. The number of sulfonamides is 1. The maximum absolute atomic E-state index is 14.4. The summed E-state index contributed by atoms with van der Waals surface area (Å²) >= 11 is 0. The van der Waals surface area contributed by atoms with Gasteiger partial charge in [0.1, 0.15) is 17.6 Å². The molecule has 0 aromatic carbocycles. The Morgan fingerprint density at radius 1 is 1.19 bits per heavy atom. The number of ether oxygens (including phenoxy) is 1. The van der Waals surface area contributed by atoms with Gasteiger partial charge in [-0.25, -0.2) is 13.4 Å². The number of carbonyl (C=O) groups excluding carboxylic acids is 4. The molecule has 0 radical (unpaired) electrons. The molecule has 12 nitrogen and oxygen atoms in total. The first-order valence-corrected chi connectivity index (χ1v) is 18.3. The fourth-order valence-corrected chi connectivity index (χ4v) is 8.15. The predicted octanol–water partition coefficient (Wildman–Crippen LogP) is 4.27. The highest BCUT2D eigenvalue weighted by atomic mass is 32.2. The molecule has 6 rings (SSSR count). The zero-order valence-corrected chi connectivity index (χ0v) is 28.5. The van der Waals surface area contributed by atoms with Gasteiger partial charge in [0.05, 0.1) is 29.5 Å². The van der Waals surface area contributed by atoms with Crippen LogP contribution in [0.1, 0.15) is 78.6 Å². The number of furan rings is 1. The molecule has 3 heterocycles. The van der Waals surface area contributed by atoms with E-state index >= 15 is 0 Å². The van der Waals surface area contributed by atoms with E-state index in [0.29, 0.717) is 36.6 Å². The molecule has 4 aliphatic rings. The highest BCUT2D eigenvalue weighted by Gasteiger charge is 2.61. The van der Waals surface area contributed by atoms with E-state index in [1.165, 1.54) is 17.4 Å². The average Bonchev–Trinajstić information content (AvgIpc) is 3.98. The fraction of sp³-hybridized carbons (Fsp3) is 0.600. The number of aromatic nitrogens is 2. The molecule has 0 spiro atoms. The van der Waals surface area contributed by atoms with Crippen LogP contribution in [-0.4, -0.2) is 70.6 Å². The molecule has 13 heteroatoms. The molecule has 1 unspecified atom stereocenters. The van der Waals surface area contributed by atoms with E-state index in [-0.39, 0.29) is 61.6 Å². The maximum atomic E-state index is 14.4. The molecule has 1 N–H and O–H groups in total. The number of ketones is 2. The summed E-state index contributed by atoms with van der Waals surface area (Å²) < 4.78 is 39.1. The van der Waals surface area contributed by atoms with Crippen LogP contribution < -0.4 is 9.46 Å². The van der Waals surface area contributed by atoms with Crippen molar-refractivity contribution in [3.8, 4) is 17.5 Å². The molecular formula is C35H44N4O8S. The Labute approximate surface area is 281 Å². The van der Waals surface area contributed by atoms with Gasteiger partial charge in [0.15, 0.2) is 11.5 Å². The van der Waals surface area contributed by atoms with Crippen molar-refractivity contribution in [3.05, 3.63) is 43.3 Å². The lowest BCUT2D eigenvalue weighted by molar-refractivity contribution is -0.146. The van der Waals surface area contributed by atoms with Crippen LogP contribution in [0.25, 0.3) is 11.5 Å². The maximum Gasteiger partial charge on any atom is 0.317 e. The third-order valence-electron chi connectivity index (χ3n) is 10.1. The van der Waals surface area contributed by atoms with E-state index in [0.717, 1.165) is 12.8 Å². The predicted molar refractivity (Wildman–Crippen MR) is 175 cm³/mol. The Morgan fingerprint density at radius 3 is 2.54 bits per heavy atom. The van der Waals surface area contributed by atoms with Gasteiger partial charge in [0.2, 0.25) is 21.8 Å². The van der Waals surface area contributed by atoms with Crippen molar-refractivity contribution in [1.29, 1.82) is 0 Å². The molecule has 48 heavy (non-hydrogen) atoms. The topological polar surface area (TPSA) is 166 Å². The molecule has 2 aromatic heterocycles. The highest BCUT2D eigenvalue weighted by Crippen LogP contribution is 2.57. The second-order valence-corrected chi connectivity index (χ2v) is 17.0.